The Bertz CT molecular complexity index is 514. The van der Waals surface area contributed by atoms with Crippen molar-refractivity contribution in [3.8, 4) is 0 Å². The van der Waals surface area contributed by atoms with Crippen LogP contribution in [0.3, 0.4) is 0 Å². The van der Waals surface area contributed by atoms with Gasteiger partial charge in [-0.15, -0.1) is 0 Å². The van der Waals surface area contributed by atoms with Crippen molar-refractivity contribution < 1.29 is 9.90 Å². The van der Waals surface area contributed by atoms with Crippen LogP contribution in [0.2, 0.25) is 0 Å². The number of aromatic nitrogens is 2. The van der Waals surface area contributed by atoms with Crippen LogP contribution in [0.1, 0.15) is 34.4 Å². The topological polar surface area (TPSA) is 66.0 Å². The normalized spacial score (nSPS) is 10.4. The summed E-state index contributed by atoms with van der Waals surface area (Å²) in [6.45, 7) is 2.11. The summed E-state index contributed by atoms with van der Waals surface area (Å²) in [7, 11) is 0. The second-order valence-electron chi connectivity index (χ2n) is 3.90. The fourth-order valence-electron chi connectivity index (χ4n) is 1.65. The quantitative estimate of drug-likeness (QED) is 0.846. The maximum Gasteiger partial charge on any atom is 0.353 e. The highest BCUT2D eigenvalue weighted by atomic mass is 16.4. The third-order valence-corrected chi connectivity index (χ3v) is 2.66. The number of carboxylic acid groups (broad SMARTS) is 1. The molecule has 0 radical (unpaired) electrons. The molecule has 88 valence electrons. The molecule has 0 aliphatic carbocycles. The zero-order valence-electron chi connectivity index (χ0n) is 9.60. The molecule has 0 spiro atoms. The molecule has 4 nitrogen and oxygen atoms in total. The first-order chi connectivity index (χ1) is 8.19. The zero-order chi connectivity index (χ0) is 12.3. The lowest BCUT2D eigenvalue weighted by molar-refractivity contribution is 0.0691. The Kier molecular flexibility index (Phi) is 3.23. The molecule has 1 aromatic carbocycles. The Labute approximate surface area is 99.3 Å². The van der Waals surface area contributed by atoms with Crippen molar-refractivity contribution in [1.82, 2.24) is 9.97 Å². The number of aryl methyl sites for hydroxylation is 1. The minimum Gasteiger partial charge on any atom is -0.477 e. The highest BCUT2D eigenvalue weighted by Gasteiger charge is 2.07. The molecule has 2 N–H and O–H groups in total. The Hall–Kier alpha value is -2.10. The standard InChI is InChI=1S/C13H14N2O2/c1-2-9-3-5-10(6-4-9)7-12-14-8-11(15-12)13(16)17/h3-6,8H,2,7H2,1H3,(H,14,15)(H,16,17). The second kappa shape index (κ2) is 4.82. The van der Waals surface area contributed by atoms with Crippen LogP contribution >= 0.6 is 0 Å². The van der Waals surface area contributed by atoms with Crippen LogP contribution in [-0.2, 0) is 12.8 Å². The molecular formula is C13H14N2O2. The van der Waals surface area contributed by atoms with E-state index in [1.54, 1.807) is 0 Å². The van der Waals surface area contributed by atoms with E-state index in [2.05, 4.69) is 29.0 Å². The van der Waals surface area contributed by atoms with Gasteiger partial charge in [-0.3, -0.25) is 0 Å². The maximum atomic E-state index is 10.7. The number of aromatic carboxylic acids is 1. The molecule has 4 heteroatoms. The lowest BCUT2D eigenvalue weighted by atomic mass is 10.1. The van der Waals surface area contributed by atoms with Crippen LogP contribution in [0.25, 0.3) is 0 Å². The Balaban J connectivity index is 2.11. The minimum absolute atomic E-state index is 0.130. The fraction of sp³-hybridized carbons (Fsp3) is 0.231. The monoisotopic (exact) mass is 230 g/mol. The molecule has 0 unspecified atom stereocenters. The van der Waals surface area contributed by atoms with Gasteiger partial charge in [-0.05, 0) is 17.5 Å². The lowest BCUT2D eigenvalue weighted by Crippen LogP contribution is -1.97. The van der Waals surface area contributed by atoms with Crippen LogP contribution in [0, 0.1) is 0 Å². The van der Waals surface area contributed by atoms with Crippen LogP contribution in [-0.4, -0.2) is 21.0 Å². The summed E-state index contributed by atoms with van der Waals surface area (Å²) in [6.07, 6.45) is 2.99. The van der Waals surface area contributed by atoms with E-state index >= 15 is 0 Å². The Morgan fingerprint density at radius 2 is 1.94 bits per heavy atom. The molecule has 0 atom stereocenters. The molecule has 0 aliphatic rings. The minimum atomic E-state index is -0.981. The van der Waals surface area contributed by atoms with Gasteiger partial charge in [0.05, 0.1) is 6.20 Å². The fourth-order valence-corrected chi connectivity index (χ4v) is 1.65. The highest BCUT2D eigenvalue weighted by molar-refractivity contribution is 5.85. The SMILES string of the molecule is CCc1ccc(Cc2ncc(C(=O)O)[nH]2)cc1. The third-order valence-electron chi connectivity index (χ3n) is 2.66. The number of aromatic amines is 1. The summed E-state index contributed by atoms with van der Waals surface area (Å²) < 4.78 is 0. The van der Waals surface area contributed by atoms with Crippen molar-refractivity contribution >= 4 is 5.97 Å². The average molecular weight is 230 g/mol. The number of carboxylic acids is 1. The molecular weight excluding hydrogens is 216 g/mol. The summed E-state index contributed by atoms with van der Waals surface area (Å²) in [5, 5.41) is 8.76. The molecule has 0 bridgehead atoms. The molecule has 0 aliphatic heterocycles. The maximum absolute atomic E-state index is 10.7. The van der Waals surface area contributed by atoms with Crippen LogP contribution in [0.5, 0.6) is 0 Å². The number of hydrogen-bond donors (Lipinski definition) is 2. The highest BCUT2D eigenvalue weighted by Crippen LogP contribution is 2.09. The van der Waals surface area contributed by atoms with E-state index in [9.17, 15) is 4.79 Å². The molecule has 17 heavy (non-hydrogen) atoms. The number of imidazole rings is 1. The van der Waals surface area contributed by atoms with Gasteiger partial charge in [-0.1, -0.05) is 31.2 Å². The van der Waals surface area contributed by atoms with Crippen molar-refractivity contribution in [2.24, 2.45) is 0 Å². The largest absolute Gasteiger partial charge is 0.477 e. The number of H-pyrrole nitrogens is 1. The van der Waals surface area contributed by atoms with Gasteiger partial charge in [-0.2, -0.15) is 0 Å². The number of nitrogens with one attached hydrogen (secondary N) is 1. The number of rotatable bonds is 4. The first-order valence-electron chi connectivity index (χ1n) is 5.54. The van der Waals surface area contributed by atoms with E-state index in [4.69, 9.17) is 5.11 Å². The smallest absolute Gasteiger partial charge is 0.353 e. The molecule has 0 saturated carbocycles. The van der Waals surface area contributed by atoms with Crippen molar-refractivity contribution in [1.29, 1.82) is 0 Å². The second-order valence-corrected chi connectivity index (χ2v) is 3.90. The van der Waals surface area contributed by atoms with Crippen LogP contribution in [0.4, 0.5) is 0 Å². The summed E-state index contributed by atoms with van der Waals surface area (Å²) in [5.41, 5.74) is 2.54. The summed E-state index contributed by atoms with van der Waals surface area (Å²) in [6, 6.07) is 8.25. The van der Waals surface area contributed by atoms with Gasteiger partial charge < -0.3 is 10.1 Å². The first-order valence-corrected chi connectivity index (χ1v) is 5.54. The van der Waals surface area contributed by atoms with Crippen molar-refractivity contribution in [2.75, 3.05) is 0 Å². The van der Waals surface area contributed by atoms with Crippen LogP contribution in [0.15, 0.2) is 30.5 Å². The van der Waals surface area contributed by atoms with Gasteiger partial charge in [0.15, 0.2) is 0 Å². The van der Waals surface area contributed by atoms with Gasteiger partial charge in [0, 0.05) is 6.42 Å². The lowest BCUT2D eigenvalue weighted by Gasteiger charge is -2.00. The van der Waals surface area contributed by atoms with Gasteiger partial charge in [0.1, 0.15) is 11.5 Å². The van der Waals surface area contributed by atoms with Gasteiger partial charge >= 0.3 is 5.97 Å². The van der Waals surface area contributed by atoms with E-state index in [1.165, 1.54) is 11.8 Å². The Morgan fingerprint density at radius 1 is 1.29 bits per heavy atom. The van der Waals surface area contributed by atoms with Crippen LogP contribution < -0.4 is 0 Å². The summed E-state index contributed by atoms with van der Waals surface area (Å²) in [5.74, 6) is -0.309. The number of benzene rings is 1. The molecule has 1 aromatic heterocycles. The molecule has 0 saturated heterocycles. The summed E-state index contributed by atoms with van der Waals surface area (Å²) >= 11 is 0. The molecule has 0 fully saturated rings. The van der Waals surface area contributed by atoms with Crippen molar-refractivity contribution in [3.05, 3.63) is 53.1 Å². The number of hydrogen-bond acceptors (Lipinski definition) is 2. The van der Waals surface area contributed by atoms with Crippen molar-refractivity contribution in [3.63, 3.8) is 0 Å². The van der Waals surface area contributed by atoms with Gasteiger partial charge in [0.25, 0.3) is 0 Å². The predicted octanol–water partition coefficient (Wildman–Crippen LogP) is 2.26. The van der Waals surface area contributed by atoms with E-state index in [1.807, 2.05) is 12.1 Å². The van der Waals surface area contributed by atoms with E-state index in [0.29, 0.717) is 12.2 Å². The van der Waals surface area contributed by atoms with Gasteiger partial charge in [0.2, 0.25) is 0 Å². The summed E-state index contributed by atoms with van der Waals surface area (Å²) in [4.78, 5) is 17.5. The van der Waals surface area contributed by atoms with Gasteiger partial charge in [-0.25, -0.2) is 9.78 Å². The zero-order valence-corrected chi connectivity index (χ0v) is 9.60. The van der Waals surface area contributed by atoms with E-state index in [-0.39, 0.29) is 5.69 Å². The molecule has 1 heterocycles. The Morgan fingerprint density at radius 3 is 2.47 bits per heavy atom. The molecule has 0 amide bonds. The molecule has 2 aromatic rings. The third kappa shape index (κ3) is 2.72. The van der Waals surface area contributed by atoms with Crippen molar-refractivity contribution in [2.45, 2.75) is 19.8 Å². The van der Waals surface area contributed by atoms with E-state index < -0.39 is 5.97 Å². The number of carbonyl (C=O) groups is 1. The number of nitrogens with zero attached hydrogens (tertiary/aromatic N) is 1. The molecule has 2 rings (SSSR count). The van der Waals surface area contributed by atoms with E-state index in [0.717, 1.165) is 12.0 Å². The average Bonchev–Trinajstić information content (AvgIpc) is 2.79. The predicted molar refractivity (Wildman–Crippen MR) is 64.2 cm³/mol. The first kappa shape index (κ1) is 11.4.